The van der Waals surface area contributed by atoms with E-state index in [0.29, 0.717) is 25.0 Å². The first-order valence-electron chi connectivity index (χ1n) is 9.54. The van der Waals surface area contributed by atoms with E-state index in [1.165, 1.54) is 0 Å². The second-order valence-electron chi connectivity index (χ2n) is 8.07. The van der Waals surface area contributed by atoms with E-state index in [1.54, 1.807) is 16.6 Å². The first kappa shape index (κ1) is 18.8. The third-order valence-electron chi connectivity index (χ3n) is 6.41. The van der Waals surface area contributed by atoms with Crippen molar-refractivity contribution in [2.45, 2.75) is 37.1 Å². The van der Waals surface area contributed by atoms with Crippen LogP contribution in [0.25, 0.3) is 10.9 Å². The average Bonchev–Trinajstić information content (AvgIpc) is 2.67. The fraction of sp³-hybridized carbons (Fsp3) is 0.550. The van der Waals surface area contributed by atoms with E-state index in [9.17, 15) is 13.5 Å². The zero-order chi connectivity index (χ0) is 19.2. The van der Waals surface area contributed by atoms with Crippen LogP contribution in [0.4, 0.5) is 0 Å². The number of piperidine rings is 2. The van der Waals surface area contributed by atoms with Crippen molar-refractivity contribution in [1.29, 1.82) is 0 Å². The van der Waals surface area contributed by atoms with Gasteiger partial charge in [-0.1, -0.05) is 6.07 Å². The number of aryl methyl sites for hydroxylation is 1. The molecule has 2 aliphatic heterocycles. The number of rotatable bonds is 3. The molecule has 1 aromatic heterocycles. The van der Waals surface area contributed by atoms with Crippen molar-refractivity contribution in [2.75, 3.05) is 33.3 Å². The van der Waals surface area contributed by atoms with Crippen molar-refractivity contribution in [3.8, 4) is 0 Å². The van der Waals surface area contributed by atoms with Crippen LogP contribution >= 0.6 is 0 Å². The van der Waals surface area contributed by atoms with Crippen molar-refractivity contribution in [2.24, 2.45) is 5.41 Å². The van der Waals surface area contributed by atoms with Crippen LogP contribution in [0.3, 0.4) is 0 Å². The van der Waals surface area contributed by atoms with Crippen LogP contribution in [0.15, 0.2) is 35.4 Å². The van der Waals surface area contributed by atoms with E-state index < -0.39 is 10.0 Å². The fourth-order valence-corrected chi connectivity index (χ4v) is 6.54. The zero-order valence-electron chi connectivity index (χ0n) is 15.9. The summed E-state index contributed by atoms with van der Waals surface area (Å²) in [6.45, 7) is 3.82. The maximum Gasteiger partial charge on any atom is 0.245 e. The van der Waals surface area contributed by atoms with Crippen LogP contribution in [0.1, 0.15) is 24.8 Å². The van der Waals surface area contributed by atoms with Crippen LogP contribution in [-0.2, 0) is 10.0 Å². The number of nitrogens with zero attached hydrogens (tertiary/aromatic N) is 3. The van der Waals surface area contributed by atoms with Gasteiger partial charge in [-0.05, 0) is 63.5 Å². The van der Waals surface area contributed by atoms with E-state index in [1.807, 2.05) is 32.2 Å². The minimum Gasteiger partial charge on any atom is -0.396 e. The maximum absolute atomic E-state index is 13.5. The summed E-state index contributed by atoms with van der Waals surface area (Å²) in [6.07, 6.45) is 4.33. The quantitative estimate of drug-likeness (QED) is 0.869. The number of sulfonamides is 1. The van der Waals surface area contributed by atoms with Crippen molar-refractivity contribution in [3.63, 3.8) is 0 Å². The molecule has 3 heterocycles. The highest BCUT2D eigenvalue weighted by atomic mass is 32.2. The van der Waals surface area contributed by atoms with Gasteiger partial charge < -0.3 is 10.0 Å². The van der Waals surface area contributed by atoms with E-state index in [2.05, 4.69) is 9.88 Å². The molecule has 2 aromatic rings. The lowest BCUT2D eigenvalue weighted by Crippen LogP contribution is -2.62. The molecular formula is C20H27N3O3S. The minimum absolute atomic E-state index is 0.0452. The molecule has 1 aromatic carbocycles. The van der Waals surface area contributed by atoms with Crippen molar-refractivity contribution in [3.05, 3.63) is 36.0 Å². The lowest BCUT2D eigenvalue weighted by atomic mass is 9.69. The Labute approximate surface area is 160 Å². The van der Waals surface area contributed by atoms with Gasteiger partial charge in [-0.25, -0.2) is 8.42 Å². The second-order valence-corrected chi connectivity index (χ2v) is 9.98. The van der Waals surface area contributed by atoms with E-state index in [-0.39, 0.29) is 23.0 Å². The normalized spacial score (nSPS) is 27.6. The molecule has 0 unspecified atom stereocenters. The number of fused-ring (bicyclic) bond motifs is 2. The number of aliphatic hydroxyl groups is 1. The molecule has 0 spiro atoms. The molecule has 0 amide bonds. The Morgan fingerprint density at radius 1 is 1.30 bits per heavy atom. The molecule has 1 N–H and O–H groups in total. The van der Waals surface area contributed by atoms with Gasteiger partial charge in [0.2, 0.25) is 10.0 Å². The molecule has 2 fully saturated rings. The first-order valence-corrected chi connectivity index (χ1v) is 11.0. The number of benzene rings is 1. The SMILES string of the molecule is Cc1cc(S(=O)(=O)N2CC[C@@]3(CO)CCCN(C)[C@@H]3C2)c2ncccc2c1. The number of hydrogen-bond donors (Lipinski definition) is 1. The minimum atomic E-state index is -3.66. The van der Waals surface area contributed by atoms with Gasteiger partial charge >= 0.3 is 0 Å². The van der Waals surface area contributed by atoms with Gasteiger partial charge in [-0.2, -0.15) is 4.31 Å². The van der Waals surface area contributed by atoms with Crippen LogP contribution in [0.5, 0.6) is 0 Å². The number of pyridine rings is 1. The van der Waals surface area contributed by atoms with Gasteiger partial charge in [0.05, 0.1) is 12.1 Å². The van der Waals surface area contributed by atoms with E-state index in [0.717, 1.165) is 30.3 Å². The maximum atomic E-state index is 13.5. The summed E-state index contributed by atoms with van der Waals surface area (Å²) in [7, 11) is -1.62. The molecular weight excluding hydrogens is 362 g/mol. The monoisotopic (exact) mass is 389 g/mol. The molecule has 6 nitrogen and oxygen atoms in total. The Bertz CT molecular complexity index is 962. The molecule has 0 radical (unpaired) electrons. The van der Waals surface area contributed by atoms with Crippen LogP contribution in [0, 0.1) is 12.3 Å². The Morgan fingerprint density at radius 3 is 2.89 bits per heavy atom. The van der Waals surface area contributed by atoms with Gasteiger partial charge in [-0.3, -0.25) is 4.98 Å². The van der Waals surface area contributed by atoms with Crippen molar-refractivity contribution in [1.82, 2.24) is 14.2 Å². The Kier molecular flexibility index (Phi) is 4.74. The lowest BCUT2D eigenvalue weighted by Gasteiger charge is -2.53. The van der Waals surface area contributed by atoms with Crippen molar-refractivity contribution < 1.29 is 13.5 Å². The lowest BCUT2D eigenvalue weighted by molar-refractivity contribution is -0.0508. The highest BCUT2D eigenvalue weighted by Gasteiger charge is 2.48. The molecule has 27 heavy (non-hydrogen) atoms. The highest BCUT2D eigenvalue weighted by Crippen LogP contribution is 2.43. The number of likely N-dealkylation sites (N-methyl/N-ethyl adjacent to an activating group) is 1. The van der Waals surface area contributed by atoms with Crippen molar-refractivity contribution >= 4 is 20.9 Å². The molecule has 0 saturated carbocycles. The molecule has 2 saturated heterocycles. The molecule has 7 heteroatoms. The first-order chi connectivity index (χ1) is 12.9. The Morgan fingerprint density at radius 2 is 2.11 bits per heavy atom. The Hall–Kier alpha value is -1.54. The summed E-state index contributed by atoms with van der Waals surface area (Å²) in [4.78, 5) is 6.85. The largest absolute Gasteiger partial charge is 0.396 e. The predicted octanol–water partition coefficient (Wildman–Crippen LogP) is 2.01. The van der Waals surface area contributed by atoms with E-state index >= 15 is 0 Å². The number of aliphatic hydroxyl groups excluding tert-OH is 1. The van der Waals surface area contributed by atoms with Gasteiger partial charge in [0.15, 0.2) is 0 Å². The Balaban J connectivity index is 1.74. The molecule has 2 atom stereocenters. The summed E-state index contributed by atoms with van der Waals surface area (Å²) in [5.41, 5.74) is 1.25. The molecule has 4 rings (SSSR count). The third-order valence-corrected chi connectivity index (χ3v) is 8.29. The van der Waals surface area contributed by atoms with Crippen LogP contribution in [0.2, 0.25) is 0 Å². The van der Waals surface area contributed by atoms with Gasteiger partial charge in [0, 0.05) is 36.1 Å². The third kappa shape index (κ3) is 3.06. The fourth-order valence-electron chi connectivity index (χ4n) is 4.85. The van der Waals surface area contributed by atoms with E-state index in [4.69, 9.17) is 0 Å². The van der Waals surface area contributed by atoms with Gasteiger partial charge in [0.25, 0.3) is 0 Å². The second kappa shape index (κ2) is 6.81. The summed E-state index contributed by atoms with van der Waals surface area (Å²) < 4.78 is 28.7. The van der Waals surface area contributed by atoms with Crippen LogP contribution < -0.4 is 0 Å². The summed E-state index contributed by atoms with van der Waals surface area (Å²) in [5.74, 6) is 0. The summed E-state index contributed by atoms with van der Waals surface area (Å²) in [5, 5.41) is 10.9. The van der Waals surface area contributed by atoms with Gasteiger partial charge in [-0.15, -0.1) is 0 Å². The topological polar surface area (TPSA) is 73.7 Å². The number of likely N-dealkylation sites (tertiary alicyclic amines) is 1. The highest BCUT2D eigenvalue weighted by molar-refractivity contribution is 7.89. The van der Waals surface area contributed by atoms with Gasteiger partial charge in [0.1, 0.15) is 4.90 Å². The molecule has 0 bridgehead atoms. The smallest absolute Gasteiger partial charge is 0.245 e. The number of hydrogen-bond acceptors (Lipinski definition) is 5. The summed E-state index contributed by atoms with van der Waals surface area (Å²) >= 11 is 0. The van der Waals surface area contributed by atoms with Crippen LogP contribution in [-0.4, -0.2) is 67.0 Å². The molecule has 0 aliphatic carbocycles. The zero-order valence-corrected chi connectivity index (χ0v) is 16.7. The predicted molar refractivity (Wildman–Crippen MR) is 105 cm³/mol. The standard InChI is InChI=1S/C20H27N3O3S/c1-15-11-16-5-3-8-21-19(16)17(12-15)27(25,26)23-10-7-20(14-24)6-4-9-22(2)18(20)13-23/h3,5,8,11-12,18,24H,4,6-7,9-10,13-14H2,1-2H3/t18-,20-/m1/s1. The average molecular weight is 390 g/mol. The molecule has 146 valence electrons. The number of aromatic nitrogens is 1. The molecule has 2 aliphatic rings. The summed E-state index contributed by atoms with van der Waals surface area (Å²) in [6, 6.07) is 7.46.